The molecule has 1 aliphatic carbocycles. The first-order valence-electron chi connectivity index (χ1n) is 10.9. The summed E-state index contributed by atoms with van der Waals surface area (Å²) < 4.78 is 59.6. The number of ether oxygens (including phenoxy) is 1. The molecule has 35 heavy (non-hydrogen) atoms. The normalized spacial score (nSPS) is 19.2. The van der Waals surface area contributed by atoms with Crippen molar-refractivity contribution >= 4 is 18.0 Å². The van der Waals surface area contributed by atoms with E-state index in [9.17, 15) is 31.9 Å². The van der Waals surface area contributed by atoms with Gasteiger partial charge in [-0.15, -0.1) is 0 Å². The Bertz CT molecular complexity index is 1100. The average molecular weight is 494 g/mol. The van der Waals surface area contributed by atoms with Crippen LogP contribution in [0.3, 0.4) is 0 Å². The number of carbonyl (C=O) groups is 3. The molecule has 0 aromatic heterocycles. The molecule has 0 bridgehead atoms. The molecule has 186 valence electrons. The molecule has 2 N–H and O–H groups in total. The van der Waals surface area contributed by atoms with Gasteiger partial charge in [0.2, 0.25) is 5.91 Å². The van der Waals surface area contributed by atoms with Crippen LogP contribution >= 0.6 is 0 Å². The minimum Gasteiger partial charge on any atom is -0.480 e. The molecule has 2 aliphatic rings. The standard InChI is InChI=1S/C24H22F4N2O5/c25-21(26)18(9-20(31)30-12-24(27,28)10-19(30)22(32)33)29-23(34)35-11-17-15-7-3-1-5-13(15)14-6-2-4-8-16(14)17/h1-8,17-19,21H,9-12H2,(H,29,34)(H,32,33)/t18?,19-/m1/s1. The van der Waals surface area contributed by atoms with Gasteiger partial charge in [-0.25, -0.2) is 27.2 Å². The van der Waals surface area contributed by atoms with Gasteiger partial charge in [-0.3, -0.25) is 4.79 Å². The molecule has 2 aromatic rings. The summed E-state index contributed by atoms with van der Waals surface area (Å²) in [7, 11) is 0. The highest BCUT2D eigenvalue weighted by Gasteiger charge is 2.50. The van der Waals surface area contributed by atoms with Crippen molar-refractivity contribution in [3.8, 4) is 11.1 Å². The van der Waals surface area contributed by atoms with Gasteiger partial charge in [0, 0.05) is 12.3 Å². The molecule has 4 rings (SSSR count). The van der Waals surface area contributed by atoms with E-state index in [1.807, 2.05) is 53.8 Å². The Kier molecular flexibility index (Phi) is 6.68. The van der Waals surface area contributed by atoms with Crippen molar-refractivity contribution < 1.29 is 41.8 Å². The molecule has 1 heterocycles. The first-order valence-corrected chi connectivity index (χ1v) is 10.9. The molecular formula is C24H22F4N2O5. The van der Waals surface area contributed by atoms with E-state index in [0.29, 0.717) is 4.90 Å². The number of hydrogen-bond donors (Lipinski definition) is 2. The van der Waals surface area contributed by atoms with Crippen molar-refractivity contribution in [1.82, 2.24) is 10.2 Å². The van der Waals surface area contributed by atoms with Crippen molar-refractivity contribution in [1.29, 1.82) is 0 Å². The first-order chi connectivity index (χ1) is 16.6. The van der Waals surface area contributed by atoms with Gasteiger partial charge in [-0.2, -0.15) is 0 Å². The zero-order valence-electron chi connectivity index (χ0n) is 18.3. The average Bonchev–Trinajstić information content (AvgIpc) is 3.31. The number of hydrogen-bond acceptors (Lipinski definition) is 4. The van der Waals surface area contributed by atoms with Crippen molar-refractivity contribution in [2.45, 2.75) is 43.2 Å². The molecule has 1 unspecified atom stereocenters. The number of fused-ring (bicyclic) bond motifs is 3. The summed E-state index contributed by atoms with van der Waals surface area (Å²) in [6.07, 6.45) is -6.58. The number of amides is 2. The maximum atomic E-state index is 13.6. The number of alkyl halides is 4. The monoisotopic (exact) mass is 494 g/mol. The lowest BCUT2D eigenvalue weighted by atomic mass is 9.98. The highest BCUT2D eigenvalue weighted by Crippen LogP contribution is 2.44. The van der Waals surface area contributed by atoms with Gasteiger partial charge in [0.25, 0.3) is 12.3 Å². The van der Waals surface area contributed by atoms with Crippen LogP contribution in [0.2, 0.25) is 0 Å². The fourth-order valence-corrected chi connectivity index (χ4v) is 4.60. The number of halogens is 4. The summed E-state index contributed by atoms with van der Waals surface area (Å²) in [6, 6.07) is 11.2. The van der Waals surface area contributed by atoms with Gasteiger partial charge in [-0.1, -0.05) is 48.5 Å². The number of alkyl carbamates (subject to hydrolysis) is 1. The number of carboxylic acids is 1. The van der Waals surface area contributed by atoms with Gasteiger partial charge in [0.1, 0.15) is 18.7 Å². The number of benzene rings is 2. The quantitative estimate of drug-likeness (QED) is 0.570. The fraction of sp³-hybridized carbons (Fsp3) is 0.375. The lowest BCUT2D eigenvalue weighted by Crippen LogP contribution is -2.47. The third kappa shape index (κ3) is 5.08. The zero-order chi connectivity index (χ0) is 25.3. The maximum absolute atomic E-state index is 13.6. The van der Waals surface area contributed by atoms with Crippen LogP contribution < -0.4 is 5.32 Å². The highest BCUT2D eigenvalue weighted by molar-refractivity contribution is 5.85. The Hall–Kier alpha value is -3.63. The Labute approximate surface area is 197 Å². The zero-order valence-corrected chi connectivity index (χ0v) is 18.3. The molecule has 2 atom stereocenters. The number of nitrogens with one attached hydrogen (secondary N) is 1. The Morgan fingerprint density at radius 2 is 1.63 bits per heavy atom. The smallest absolute Gasteiger partial charge is 0.407 e. The Morgan fingerprint density at radius 1 is 1.06 bits per heavy atom. The molecule has 1 saturated heterocycles. The first kappa shape index (κ1) is 24.5. The number of carbonyl (C=O) groups excluding carboxylic acids is 2. The van der Waals surface area contributed by atoms with Gasteiger partial charge in [0.05, 0.1) is 13.0 Å². The van der Waals surface area contributed by atoms with Crippen LogP contribution in [0.15, 0.2) is 48.5 Å². The van der Waals surface area contributed by atoms with Crippen LogP contribution in [-0.4, -0.2) is 65.6 Å². The topological polar surface area (TPSA) is 95.9 Å². The van der Waals surface area contributed by atoms with Crippen molar-refractivity contribution in [3.05, 3.63) is 59.7 Å². The third-order valence-corrected chi connectivity index (χ3v) is 6.22. The summed E-state index contributed by atoms with van der Waals surface area (Å²) in [6.45, 7) is -1.34. The molecule has 0 saturated carbocycles. The van der Waals surface area contributed by atoms with E-state index in [4.69, 9.17) is 9.84 Å². The fourth-order valence-electron chi connectivity index (χ4n) is 4.60. The van der Waals surface area contributed by atoms with Crippen LogP contribution in [0.25, 0.3) is 11.1 Å². The molecule has 1 fully saturated rings. The molecule has 7 nitrogen and oxygen atoms in total. The number of carboxylic acid groups (broad SMARTS) is 1. The molecule has 2 amide bonds. The summed E-state index contributed by atoms with van der Waals surface area (Å²) in [4.78, 5) is 36.3. The lowest BCUT2D eigenvalue weighted by molar-refractivity contribution is -0.148. The molecule has 11 heteroatoms. The summed E-state index contributed by atoms with van der Waals surface area (Å²) in [5.74, 6) is -6.64. The van der Waals surface area contributed by atoms with Crippen molar-refractivity contribution in [2.75, 3.05) is 13.2 Å². The van der Waals surface area contributed by atoms with Gasteiger partial charge >= 0.3 is 12.1 Å². The largest absolute Gasteiger partial charge is 0.480 e. The van der Waals surface area contributed by atoms with Crippen LogP contribution in [0, 0.1) is 0 Å². The number of likely N-dealkylation sites (tertiary alicyclic amines) is 1. The molecule has 2 aromatic carbocycles. The second-order valence-electron chi connectivity index (χ2n) is 8.55. The molecular weight excluding hydrogens is 472 g/mol. The second-order valence-corrected chi connectivity index (χ2v) is 8.55. The van der Waals surface area contributed by atoms with Crippen LogP contribution in [0.5, 0.6) is 0 Å². The predicted octanol–water partition coefficient (Wildman–Crippen LogP) is 3.87. The lowest BCUT2D eigenvalue weighted by Gasteiger charge is -2.24. The van der Waals surface area contributed by atoms with Crippen molar-refractivity contribution in [2.24, 2.45) is 0 Å². The number of nitrogens with zero attached hydrogens (tertiary/aromatic N) is 1. The summed E-state index contributed by atoms with van der Waals surface area (Å²) in [5, 5.41) is 11.0. The third-order valence-electron chi connectivity index (χ3n) is 6.22. The van der Waals surface area contributed by atoms with Crippen LogP contribution in [0.4, 0.5) is 22.4 Å². The predicted molar refractivity (Wildman–Crippen MR) is 115 cm³/mol. The Morgan fingerprint density at radius 3 is 2.17 bits per heavy atom. The maximum Gasteiger partial charge on any atom is 0.407 e. The van der Waals surface area contributed by atoms with E-state index in [1.165, 1.54) is 0 Å². The molecule has 0 spiro atoms. The van der Waals surface area contributed by atoms with E-state index in [0.717, 1.165) is 22.3 Å². The van der Waals surface area contributed by atoms with Crippen molar-refractivity contribution in [3.63, 3.8) is 0 Å². The van der Waals surface area contributed by atoms with Gasteiger partial charge < -0.3 is 20.1 Å². The minimum absolute atomic E-state index is 0.150. The number of rotatable bonds is 7. The Balaban J connectivity index is 1.39. The van der Waals surface area contributed by atoms with Gasteiger partial charge in [-0.05, 0) is 22.3 Å². The SMILES string of the molecule is O=C(NC(CC(=O)N1CC(F)(F)C[C@@H]1C(=O)O)C(F)F)OCC1c2ccccc2-c2ccccc21. The van der Waals surface area contributed by atoms with E-state index >= 15 is 0 Å². The molecule has 1 aliphatic heterocycles. The van der Waals surface area contributed by atoms with E-state index in [2.05, 4.69) is 0 Å². The van der Waals surface area contributed by atoms with E-state index in [-0.39, 0.29) is 12.5 Å². The summed E-state index contributed by atoms with van der Waals surface area (Å²) in [5.41, 5.74) is 3.78. The summed E-state index contributed by atoms with van der Waals surface area (Å²) >= 11 is 0. The van der Waals surface area contributed by atoms with Gasteiger partial charge in [0.15, 0.2) is 0 Å². The number of aliphatic carboxylic acids is 1. The highest BCUT2D eigenvalue weighted by atomic mass is 19.3. The minimum atomic E-state index is -3.45. The van der Waals surface area contributed by atoms with Crippen LogP contribution in [-0.2, 0) is 14.3 Å². The second kappa shape index (κ2) is 9.55. The van der Waals surface area contributed by atoms with E-state index in [1.54, 1.807) is 0 Å². The van der Waals surface area contributed by atoms with E-state index < -0.39 is 61.8 Å². The van der Waals surface area contributed by atoms with Crippen LogP contribution in [0.1, 0.15) is 29.9 Å². The molecule has 0 radical (unpaired) electrons.